The molecule has 0 aromatic carbocycles. The number of carbonyl (C=O) groups excluding carboxylic acids is 1. The van der Waals surface area contributed by atoms with Crippen LogP contribution >= 0.6 is 0 Å². The van der Waals surface area contributed by atoms with Crippen LogP contribution < -0.4 is 5.32 Å². The van der Waals surface area contributed by atoms with Crippen LogP contribution in [0.5, 0.6) is 0 Å². The highest BCUT2D eigenvalue weighted by molar-refractivity contribution is 5.82. The van der Waals surface area contributed by atoms with E-state index in [1.165, 1.54) is 25.7 Å². The minimum Gasteiger partial charge on any atom is -0.481 e. The third kappa shape index (κ3) is 4.64. The molecule has 1 atom stereocenters. The quantitative estimate of drug-likeness (QED) is 0.721. The molecule has 1 aliphatic carbocycles. The number of carbonyl (C=O) groups is 2. The molecule has 16 heavy (non-hydrogen) atoms. The number of aliphatic carboxylic acids is 1. The summed E-state index contributed by atoms with van der Waals surface area (Å²) in [6.07, 6.45) is 6.99. The van der Waals surface area contributed by atoms with Crippen molar-refractivity contribution in [2.75, 3.05) is 0 Å². The first kappa shape index (κ1) is 13.0. The number of rotatable bonds is 4. The van der Waals surface area contributed by atoms with Gasteiger partial charge in [-0.25, -0.2) is 0 Å². The molecule has 0 bridgehead atoms. The normalized spacial score (nSPS) is 19.8. The van der Waals surface area contributed by atoms with Crippen molar-refractivity contribution in [3.05, 3.63) is 0 Å². The lowest BCUT2D eigenvalue weighted by atomic mass is 10.1. The van der Waals surface area contributed by atoms with Crippen molar-refractivity contribution in [1.29, 1.82) is 0 Å². The highest BCUT2D eigenvalue weighted by Gasteiger charge is 2.19. The maximum absolute atomic E-state index is 11.6. The van der Waals surface area contributed by atoms with Crippen molar-refractivity contribution < 1.29 is 14.7 Å². The van der Waals surface area contributed by atoms with Gasteiger partial charge in [-0.2, -0.15) is 0 Å². The molecule has 0 saturated heterocycles. The molecular formula is C12H21NO3. The summed E-state index contributed by atoms with van der Waals surface area (Å²) in [5.41, 5.74) is 0. The van der Waals surface area contributed by atoms with Crippen molar-refractivity contribution in [3.63, 3.8) is 0 Å². The zero-order valence-electron chi connectivity index (χ0n) is 9.87. The minimum absolute atomic E-state index is 0.0891. The smallest absolute Gasteiger partial charge is 0.306 e. The zero-order chi connectivity index (χ0) is 12.0. The van der Waals surface area contributed by atoms with E-state index in [2.05, 4.69) is 5.32 Å². The number of hydrogen-bond donors (Lipinski definition) is 2. The second kappa shape index (κ2) is 6.51. The molecule has 1 unspecified atom stereocenters. The predicted octanol–water partition coefficient (Wildman–Crippen LogP) is 1.94. The molecule has 1 saturated carbocycles. The van der Waals surface area contributed by atoms with Gasteiger partial charge in [-0.3, -0.25) is 9.59 Å². The van der Waals surface area contributed by atoms with Gasteiger partial charge in [0.2, 0.25) is 5.91 Å². The number of nitrogens with one attached hydrogen (secondary N) is 1. The van der Waals surface area contributed by atoms with Gasteiger partial charge >= 0.3 is 5.97 Å². The van der Waals surface area contributed by atoms with E-state index >= 15 is 0 Å². The van der Waals surface area contributed by atoms with Crippen LogP contribution in [0.3, 0.4) is 0 Å². The molecule has 92 valence electrons. The molecule has 0 radical (unpaired) electrons. The standard InChI is InChI=1S/C12H21NO3/c1-9(12(15)16)8-11(14)13-10-6-4-2-3-5-7-10/h9-10H,2-8H2,1H3,(H,13,14)(H,15,16). The van der Waals surface area contributed by atoms with Gasteiger partial charge in [-0.1, -0.05) is 32.6 Å². The number of carboxylic acids is 1. The molecule has 0 aliphatic heterocycles. The molecule has 1 aliphatic rings. The Morgan fingerprint density at radius 3 is 2.31 bits per heavy atom. The van der Waals surface area contributed by atoms with E-state index in [1.807, 2.05) is 0 Å². The molecule has 1 rings (SSSR count). The Labute approximate surface area is 96.4 Å². The summed E-state index contributed by atoms with van der Waals surface area (Å²) in [7, 11) is 0. The summed E-state index contributed by atoms with van der Waals surface area (Å²) in [6.45, 7) is 1.56. The van der Waals surface area contributed by atoms with Crippen LogP contribution in [-0.4, -0.2) is 23.0 Å². The van der Waals surface area contributed by atoms with E-state index in [0.29, 0.717) is 0 Å². The summed E-state index contributed by atoms with van der Waals surface area (Å²) in [4.78, 5) is 22.2. The van der Waals surface area contributed by atoms with Crippen molar-refractivity contribution >= 4 is 11.9 Å². The van der Waals surface area contributed by atoms with Gasteiger partial charge < -0.3 is 10.4 Å². The van der Waals surface area contributed by atoms with Crippen molar-refractivity contribution in [2.24, 2.45) is 5.92 Å². The van der Waals surface area contributed by atoms with Crippen molar-refractivity contribution in [3.8, 4) is 0 Å². The van der Waals surface area contributed by atoms with Gasteiger partial charge in [-0.15, -0.1) is 0 Å². The van der Waals surface area contributed by atoms with Crippen LogP contribution in [0.1, 0.15) is 51.9 Å². The van der Waals surface area contributed by atoms with E-state index in [9.17, 15) is 9.59 Å². The van der Waals surface area contributed by atoms with Gasteiger partial charge in [0, 0.05) is 12.5 Å². The molecule has 4 nitrogen and oxygen atoms in total. The Hall–Kier alpha value is -1.06. The fraction of sp³-hybridized carbons (Fsp3) is 0.833. The van der Waals surface area contributed by atoms with Gasteiger partial charge in [0.25, 0.3) is 0 Å². The summed E-state index contributed by atoms with van der Waals surface area (Å²) < 4.78 is 0. The molecule has 0 aromatic heterocycles. The van der Waals surface area contributed by atoms with E-state index in [-0.39, 0.29) is 18.4 Å². The summed E-state index contributed by atoms with van der Waals surface area (Å²) in [5.74, 6) is -1.62. The molecule has 0 aromatic rings. The van der Waals surface area contributed by atoms with Crippen molar-refractivity contribution in [2.45, 2.75) is 57.9 Å². The second-order valence-electron chi connectivity index (χ2n) is 4.70. The Morgan fingerprint density at radius 2 is 1.81 bits per heavy atom. The lowest BCUT2D eigenvalue weighted by Crippen LogP contribution is -2.36. The van der Waals surface area contributed by atoms with Crippen LogP contribution in [0.4, 0.5) is 0 Å². The largest absolute Gasteiger partial charge is 0.481 e. The topological polar surface area (TPSA) is 66.4 Å². The lowest BCUT2D eigenvalue weighted by molar-refractivity contribution is -0.143. The van der Waals surface area contributed by atoms with Crippen LogP contribution in [0.25, 0.3) is 0 Å². The fourth-order valence-electron chi connectivity index (χ4n) is 2.08. The van der Waals surface area contributed by atoms with E-state index in [0.717, 1.165) is 12.8 Å². The maximum atomic E-state index is 11.6. The monoisotopic (exact) mass is 227 g/mol. The molecule has 1 amide bonds. The molecule has 1 fully saturated rings. The third-order valence-electron chi connectivity index (χ3n) is 3.13. The van der Waals surface area contributed by atoms with Crippen LogP contribution in [0.15, 0.2) is 0 Å². The highest BCUT2D eigenvalue weighted by atomic mass is 16.4. The van der Waals surface area contributed by atoms with E-state index in [4.69, 9.17) is 5.11 Å². The average Bonchev–Trinajstić information content (AvgIpc) is 2.45. The fourth-order valence-corrected chi connectivity index (χ4v) is 2.08. The lowest BCUT2D eigenvalue weighted by Gasteiger charge is -2.16. The molecule has 0 heterocycles. The highest BCUT2D eigenvalue weighted by Crippen LogP contribution is 2.17. The van der Waals surface area contributed by atoms with Crippen LogP contribution in [0.2, 0.25) is 0 Å². The van der Waals surface area contributed by atoms with E-state index in [1.54, 1.807) is 6.92 Å². The molecule has 2 N–H and O–H groups in total. The Kier molecular flexibility index (Phi) is 5.29. The molecule has 0 spiro atoms. The first-order valence-corrected chi connectivity index (χ1v) is 6.11. The third-order valence-corrected chi connectivity index (χ3v) is 3.13. The van der Waals surface area contributed by atoms with Crippen molar-refractivity contribution in [1.82, 2.24) is 5.32 Å². The van der Waals surface area contributed by atoms with Gasteiger partial charge in [0.15, 0.2) is 0 Å². The summed E-state index contributed by atoms with van der Waals surface area (Å²) in [6, 6.07) is 0.260. The Bertz CT molecular complexity index is 245. The van der Waals surface area contributed by atoms with Crippen LogP contribution in [-0.2, 0) is 9.59 Å². The van der Waals surface area contributed by atoms with Gasteiger partial charge in [0.1, 0.15) is 0 Å². The van der Waals surface area contributed by atoms with Crippen LogP contribution in [0, 0.1) is 5.92 Å². The SMILES string of the molecule is CC(CC(=O)NC1CCCCCC1)C(=O)O. The predicted molar refractivity (Wildman–Crippen MR) is 61.0 cm³/mol. The average molecular weight is 227 g/mol. The maximum Gasteiger partial charge on any atom is 0.306 e. The molecule has 4 heteroatoms. The minimum atomic E-state index is -0.906. The Balaban J connectivity index is 2.29. The zero-order valence-corrected chi connectivity index (χ0v) is 9.87. The molecular weight excluding hydrogens is 206 g/mol. The summed E-state index contributed by atoms with van der Waals surface area (Å²) in [5, 5.41) is 11.6. The number of carboxylic acid groups (broad SMARTS) is 1. The number of amides is 1. The van der Waals surface area contributed by atoms with Gasteiger partial charge in [0.05, 0.1) is 5.92 Å². The number of hydrogen-bond acceptors (Lipinski definition) is 2. The second-order valence-corrected chi connectivity index (χ2v) is 4.70. The Morgan fingerprint density at radius 1 is 1.25 bits per heavy atom. The first-order chi connectivity index (χ1) is 7.59. The van der Waals surface area contributed by atoms with E-state index < -0.39 is 11.9 Å². The first-order valence-electron chi connectivity index (χ1n) is 6.11. The summed E-state index contributed by atoms with van der Waals surface area (Å²) >= 11 is 0. The van der Waals surface area contributed by atoms with Gasteiger partial charge in [-0.05, 0) is 12.8 Å².